The molecule has 0 spiro atoms. The van der Waals surface area contributed by atoms with Crippen molar-refractivity contribution in [3.05, 3.63) is 107 Å². The van der Waals surface area contributed by atoms with Gasteiger partial charge in [-0.3, -0.25) is 0 Å². The summed E-state index contributed by atoms with van der Waals surface area (Å²) in [7, 11) is 0. The van der Waals surface area contributed by atoms with Crippen LogP contribution in [-0.2, 0) is 9.53 Å². The third-order valence-electron chi connectivity index (χ3n) is 5.21. The van der Waals surface area contributed by atoms with Crippen molar-refractivity contribution in [2.75, 3.05) is 11.9 Å². The molecule has 3 aromatic carbocycles. The van der Waals surface area contributed by atoms with Crippen molar-refractivity contribution in [3.63, 3.8) is 0 Å². The molecule has 0 saturated heterocycles. The van der Waals surface area contributed by atoms with Gasteiger partial charge in [0, 0.05) is 18.0 Å². The van der Waals surface area contributed by atoms with Gasteiger partial charge in [-0.2, -0.15) is 5.10 Å². The number of para-hydroxylation sites is 1. The van der Waals surface area contributed by atoms with Crippen molar-refractivity contribution >= 4 is 17.5 Å². The first-order valence-corrected chi connectivity index (χ1v) is 10.4. The molecule has 2 N–H and O–H groups in total. The van der Waals surface area contributed by atoms with Crippen LogP contribution in [0.25, 0.3) is 5.69 Å². The molecule has 0 saturated carbocycles. The standard InChI is InChI=1S/C26H25N3O3/c1-18-15-21(27-23-13-14-29(28-23)22-11-7-4-8-12-22)16-19(2)25(18)26(32-17-24(30)31)20-9-5-3-6-10-20/h3-16,26H,17H2,1-2H3,(H,27,28)(H,30,31). The molecule has 1 heterocycles. The van der Waals surface area contributed by atoms with Crippen LogP contribution in [0.1, 0.15) is 28.4 Å². The van der Waals surface area contributed by atoms with Crippen LogP contribution in [-0.4, -0.2) is 27.5 Å². The summed E-state index contributed by atoms with van der Waals surface area (Å²) in [6, 6.07) is 25.6. The molecule has 32 heavy (non-hydrogen) atoms. The van der Waals surface area contributed by atoms with Crippen LogP contribution in [0.4, 0.5) is 11.5 Å². The van der Waals surface area contributed by atoms with Crippen molar-refractivity contribution in [1.82, 2.24) is 9.78 Å². The minimum Gasteiger partial charge on any atom is -0.480 e. The number of carboxylic acid groups (broad SMARTS) is 1. The highest BCUT2D eigenvalue weighted by atomic mass is 16.5. The number of nitrogens with one attached hydrogen (secondary N) is 1. The Kier molecular flexibility index (Phi) is 6.33. The molecule has 0 bridgehead atoms. The molecule has 4 aromatic rings. The van der Waals surface area contributed by atoms with Crippen molar-refractivity contribution < 1.29 is 14.6 Å². The van der Waals surface area contributed by atoms with Gasteiger partial charge >= 0.3 is 5.97 Å². The largest absolute Gasteiger partial charge is 0.480 e. The second-order valence-electron chi connectivity index (χ2n) is 7.63. The van der Waals surface area contributed by atoms with Crippen LogP contribution in [0.3, 0.4) is 0 Å². The third kappa shape index (κ3) is 4.87. The molecule has 0 aliphatic heterocycles. The predicted octanol–water partition coefficient (Wildman–Crippen LogP) is 5.42. The van der Waals surface area contributed by atoms with Gasteiger partial charge in [0.2, 0.25) is 0 Å². The highest BCUT2D eigenvalue weighted by Crippen LogP contribution is 2.33. The lowest BCUT2D eigenvalue weighted by molar-refractivity contribution is -0.143. The first-order chi connectivity index (χ1) is 15.5. The van der Waals surface area contributed by atoms with Gasteiger partial charge < -0.3 is 15.2 Å². The number of aryl methyl sites for hydroxylation is 2. The molecule has 4 rings (SSSR count). The number of anilines is 2. The number of carboxylic acids is 1. The molecular weight excluding hydrogens is 402 g/mol. The highest BCUT2D eigenvalue weighted by molar-refractivity contribution is 5.68. The Morgan fingerprint density at radius 3 is 2.25 bits per heavy atom. The summed E-state index contributed by atoms with van der Waals surface area (Å²) in [5, 5.41) is 17.1. The number of aliphatic carboxylic acids is 1. The maximum Gasteiger partial charge on any atom is 0.329 e. The Morgan fingerprint density at radius 1 is 1.00 bits per heavy atom. The maximum absolute atomic E-state index is 11.2. The fourth-order valence-corrected chi connectivity index (χ4v) is 3.85. The molecule has 0 aliphatic carbocycles. The lowest BCUT2D eigenvalue weighted by Crippen LogP contribution is -2.15. The number of hydrogen-bond acceptors (Lipinski definition) is 4. The van der Waals surface area contributed by atoms with Crippen LogP contribution in [0.15, 0.2) is 85.1 Å². The van der Waals surface area contributed by atoms with E-state index in [9.17, 15) is 4.79 Å². The Balaban J connectivity index is 1.61. The fraction of sp³-hybridized carbons (Fsp3) is 0.154. The van der Waals surface area contributed by atoms with Gasteiger partial charge in [0.05, 0.1) is 5.69 Å². The van der Waals surface area contributed by atoms with Crippen LogP contribution < -0.4 is 5.32 Å². The summed E-state index contributed by atoms with van der Waals surface area (Å²) in [6.07, 6.45) is 1.45. The second-order valence-corrected chi connectivity index (χ2v) is 7.63. The first-order valence-electron chi connectivity index (χ1n) is 10.4. The van der Waals surface area contributed by atoms with E-state index in [-0.39, 0.29) is 6.61 Å². The third-order valence-corrected chi connectivity index (χ3v) is 5.21. The molecule has 6 heteroatoms. The summed E-state index contributed by atoms with van der Waals surface area (Å²) in [4.78, 5) is 11.2. The van der Waals surface area contributed by atoms with Gasteiger partial charge in [0.1, 0.15) is 12.7 Å². The number of rotatable bonds is 8. The fourth-order valence-electron chi connectivity index (χ4n) is 3.85. The van der Waals surface area contributed by atoms with E-state index in [0.29, 0.717) is 0 Å². The molecule has 1 unspecified atom stereocenters. The zero-order valence-electron chi connectivity index (χ0n) is 18.0. The van der Waals surface area contributed by atoms with Crippen molar-refractivity contribution in [1.29, 1.82) is 0 Å². The quantitative estimate of drug-likeness (QED) is 0.392. The number of hydrogen-bond donors (Lipinski definition) is 2. The minimum absolute atomic E-state index is 0.366. The smallest absolute Gasteiger partial charge is 0.329 e. The van der Waals surface area contributed by atoms with E-state index in [2.05, 4.69) is 10.4 Å². The van der Waals surface area contributed by atoms with Gasteiger partial charge in [0.15, 0.2) is 5.82 Å². The predicted molar refractivity (Wildman–Crippen MR) is 125 cm³/mol. The van der Waals surface area contributed by atoms with Gasteiger partial charge in [-0.25, -0.2) is 9.48 Å². The van der Waals surface area contributed by atoms with E-state index in [4.69, 9.17) is 9.84 Å². The molecular formula is C26H25N3O3. The summed E-state index contributed by atoms with van der Waals surface area (Å²) in [6.45, 7) is 3.65. The van der Waals surface area contributed by atoms with Crippen LogP contribution in [0.2, 0.25) is 0 Å². The Hall–Kier alpha value is -3.90. The summed E-state index contributed by atoms with van der Waals surface area (Å²) < 4.78 is 7.63. The van der Waals surface area contributed by atoms with Gasteiger partial charge in [-0.15, -0.1) is 0 Å². The maximum atomic E-state index is 11.2. The minimum atomic E-state index is -0.992. The Labute approximate surface area is 187 Å². The summed E-state index contributed by atoms with van der Waals surface area (Å²) in [5.41, 5.74) is 5.81. The van der Waals surface area contributed by atoms with E-state index >= 15 is 0 Å². The van der Waals surface area contributed by atoms with E-state index in [1.54, 1.807) is 0 Å². The summed E-state index contributed by atoms with van der Waals surface area (Å²) in [5.74, 6) is -0.254. The molecule has 0 radical (unpaired) electrons. The molecule has 6 nitrogen and oxygen atoms in total. The van der Waals surface area contributed by atoms with E-state index in [1.807, 2.05) is 104 Å². The highest BCUT2D eigenvalue weighted by Gasteiger charge is 2.21. The van der Waals surface area contributed by atoms with Crippen LogP contribution in [0, 0.1) is 13.8 Å². The van der Waals surface area contributed by atoms with Gasteiger partial charge in [-0.05, 0) is 60.4 Å². The number of carbonyl (C=O) groups is 1. The number of nitrogens with zero attached hydrogens (tertiary/aromatic N) is 2. The summed E-state index contributed by atoms with van der Waals surface area (Å²) >= 11 is 0. The van der Waals surface area contributed by atoms with E-state index < -0.39 is 12.1 Å². The van der Waals surface area contributed by atoms with E-state index in [0.717, 1.165) is 39.4 Å². The van der Waals surface area contributed by atoms with E-state index in [1.165, 1.54) is 0 Å². The molecule has 162 valence electrons. The van der Waals surface area contributed by atoms with Gasteiger partial charge in [-0.1, -0.05) is 48.5 Å². The van der Waals surface area contributed by atoms with Gasteiger partial charge in [0.25, 0.3) is 0 Å². The monoisotopic (exact) mass is 427 g/mol. The van der Waals surface area contributed by atoms with Crippen LogP contribution in [0.5, 0.6) is 0 Å². The molecule has 0 aliphatic rings. The van der Waals surface area contributed by atoms with Crippen molar-refractivity contribution in [3.8, 4) is 5.69 Å². The lowest BCUT2D eigenvalue weighted by atomic mass is 9.92. The van der Waals surface area contributed by atoms with Crippen molar-refractivity contribution in [2.45, 2.75) is 20.0 Å². The number of aromatic nitrogens is 2. The Bertz CT molecular complexity index is 1180. The Morgan fingerprint density at radius 2 is 1.62 bits per heavy atom. The average Bonchev–Trinajstić information content (AvgIpc) is 3.25. The zero-order valence-corrected chi connectivity index (χ0v) is 18.0. The van der Waals surface area contributed by atoms with Crippen LogP contribution >= 0.6 is 0 Å². The number of ether oxygens (including phenoxy) is 1. The molecule has 1 atom stereocenters. The first kappa shape index (κ1) is 21.3. The molecule has 1 aromatic heterocycles. The lowest BCUT2D eigenvalue weighted by Gasteiger charge is -2.23. The molecule has 0 fully saturated rings. The zero-order chi connectivity index (χ0) is 22.5. The SMILES string of the molecule is Cc1cc(Nc2ccn(-c3ccccc3)n2)cc(C)c1C(OCC(=O)O)c1ccccc1. The normalized spacial score (nSPS) is 11.8. The number of benzene rings is 3. The second kappa shape index (κ2) is 9.49. The topological polar surface area (TPSA) is 76.4 Å². The average molecular weight is 428 g/mol. The molecule has 0 amide bonds. The van der Waals surface area contributed by atoms with Crippen molar-refractivity contribution in [2.24, 2.45) is 0 Å².